The molecule has 2 aromatic carbocycles. The molecule has 136 valence electrons. The van der Waals surface area contributed by atoms with Gasteiger partial charge in [-0.15, -0.1) is 0 Å². The molecule has 2 aliphatic rings. The third-order valence-corrected chi connectivity index (χ3v) is 5.84. The summed E-state index contributed by atoms with van der Waals surface area (Å²) in [6.45, 7) is 3.70. The highest BCUT2D eigenvalue weighted by atomic mass is 19.1. The van der Waals surface area contributed by atoms with Crippen molar-refractivity contribution >= 4 is 5.91 Å². The second kappa shape index (κ2) is 6.84. The van der Waals surface area contributed by atoms with E-state index in [2.05, 4.69) is 42.4 Å². The standard InChI is InChI=1S/C22H25FN2O/c1-14-3-4-16-13-25(2)21(11-17(16)7-14)12-24-22(26)19-8-15-5-6-20(23)10-18(15)9-19/h3-7,10,19,21H,8-9,11-13H2,1-2H3,(H,24,26)/t19?,21-/m1/s1. The number of hydrogen-bond donors (Lipinski definition) is 1. The van der Waals surface area contributed by atoms with Gasteiger partial charge in [0.25, 0.3) is 0 Å². The first-order valence-corrected chi connectivity index (χ1v) is 9.33. The minimum absolute atomic E-state index is 0.0739. The number of amides is 1. The Morgan fingerprint density at radius 1 is 1.08 bits per heavy atom. The second-order valence-corrected chi connectivity index (χ2v) is 7.81. The molecule has 0 bridgehead atoms. The first-order chi connectivity index (χ1) is 12.5. The van der Waals surface area contributed by atoms with E-state index in [0.29, 0.717) is 25.4 Å². The van der Waals surface area contributed by atoms with E-state index in [0.717, 1.165) is 24.1 Å². The Kier molecular flexibility index (Phi) is 4.53. The maximum Gasteiger partial charge on any atom is 0.223 e. The molecule has 0 radical (unpaired) electrons. The van der Waals surface area contributed by atoms with Crippen LogP contribution in [0.1, 0.15) is 27.8 Å². The van der Waals surface area contributed by atoms with E-state index < -0.39 is 0 Å². The van der Waals surface area contributed by atoms with Crippen LogP contribution in [0.15, 0.2) is 36.4 Å². The summed E-state index contributed by atoms with van der Waals surface area (Å²) in [7, 11) is 2.12. The van der Waals surface area contributed by atoms with E-state index in [1.54, 1.807) is 6.07 Å². The Balaban J connectivity index is 1.36. The Labute approximate surface area is 154 Å². The van der Waals surface area contributed by atoms with Crippen molar-refractivity contribution in [3.8, 4) is 0 Å². The zero-order chi connectivity index (χ0) is 18.3. The molecule has 0 fully saturated rings. The molecule has 0 spiro atoms. The Bertz CT molecular complexity index is 848. The van der Waals surface area contributed by atoms with Gasteiger partial charge in [-0.05, 0) is 67.6 Å². The molecule has 1 aliphatic heterocycles. The Morgan fingerprint density at radius 2 is 1.81 bits per heavy atom. The molecule has 0 aromatic heterocycles. The molecule has 2 aromatic rings. The molecule has 4 heteroatoms. The number of benzene rings is 2. The van der Waals surface area contributed by atoms with Crippen molar-refractivity contribution in [1.29, 1.82) is 0 Å². The van der Waals surface area contributed by atoms with Crippen LogP contribution in [0.5, 0.6) is 0 Å². The van der Waals surface area contributed by atoms with Gasteiger partial charge in [0.15, 0.2) is 0 Å². The maximum absolute atomic E-state index is 13.4. The summed E-state index contributed by atoms with van der Waals surface area (Å²) in [4.78, 5) is 14.9. The third kappa shape index (κ3) is 3.38. The predicted molar refractivity (Wildman–Crippen MR) is 100 cm³/mol. The number of hydrogen-bond acceptors (Lipinski definition) is 2. The van der Waals surface area contributed by atoms with E-state index in [9.17, 15) is 9.18 Å². The summed E-state index contributed by atoms with van der Waals surface area (Å²) < 4.78 is 13.4. The molecule has 1 heterocycles. The lowest BCUT2D eigenvalue weighted by molar-refractivity contribution is -0.125. The lowest BCUT2D eigenvalue weighted by Crippen LogP contribution is -2.46. The van der Waals surface area contributed by atoms with Crippen molar-refractivity contribution in [2.45, 2.75) is 38.8 Å². The van der Waals surface area contributed by atoms with Crippen LogP contribution in [0.25, 0.3) is 0 Å². The highest BCUT2D eigenvalue weighted by molar-refractivity contribution is 5.80. The first kappa shape index (κ1) is 17.2. The first-order valence-electron chi connectivity index (χ1n) is 9.33. The van der Waals surface area contributed by atoms with Crippen molar-refractivity contribution in [2.24, 2.45) is 5.92 Å². The zero-order valence-corrected chi connectivity index (χ0v) is 15.4. The Morgan fingerprint density at radius 3 is 2.65 bits per heavy atom. The van der Waals surface area contributed by atoms with Gasteiger partial charge in [-0.25, -0.2) is 4.39 Å². The van der Waals surface area contributed by atoms with Gasteiger partial charge in [0.05, 0.1) is 0 Å². The highest BCUT2D eigenvalue weighted by Gasteiger charge is 2.29. The normalized spacial score (nSPS) is 22.0. The largest absolute Gasteiger partial charge is 0.354 e. The summed E-state index contributed by atoms with van der Waals surface area (Å²) in [5, 5.41) is 3.15. The molecule has 2 atom stereocenters. The molecular weight excluding hydrogens is 327 g/mol. The van der Waals surface area contributed by atoms with E-state index in [4.69, 9.17) is 0 Å². The molecule has 1 unspecified atom stereocenters. The number of carbonyl (C=O) groups is 1. The van der Waals surface area contributed by atoms with Gasteiger partial charge in [-0.1, -0.05) is 29.8 Å². The SMILES string of the molecule is Cc1ccc2c(c1)C[C@H](CNC(=O)C1Cc3ccc(F)cc3C1)N(C)C2. The fourth-order valence-corrected chi connectivity index (χ4v) is 4.27. The van der Waals surface area contributed by atoms with E-state index in [1.807, 2.05) is 6.07 Å². The number of carbonyl (C=O) groups excluding carboxylic acids is 1. The number of fused-ring (bicyclic) bond motifs is 2. The van der Waals surface area contributed by atoms with Crippen LogP contribution >= 0.6 is 0 Å². The van der Waals surface area contributed by atoms with Gasteiger partial charge in [-0.2, -0.15) is 0 Å². The predicted octanol–water partition coefficient (Wildman–Crippen LogP) is 3.02. The molecule has 4 rings (SSSR count). The van der Waals surface area contributed by atoms with Gasteiger partial charge in [0.1, 0.15) is 5.82 Å². The van der Waals surface area contributed by atoms with Gasteiger partial charge in [0.2, 0.25) is 5.91 Å². The fourth-order valence-electron chi connectivity index (χ4n) is 4.27. The molecule has 1 N–H and O–H groups in total. The van der Waals surface area contributed by atoms with Gasteiger partial charge in [0, 0.05) is 25.0 Å². The van der Waals surface area contributed by atoms with Crippen molar-refractivity contribution < 1.29 is 9.18 Å². The van der Waals surface area contributed by atoms with Crippen LogP contribution in [0.4, 0.5) is 4.39 Å². The van der Waals surface area contributed by atoms with Crippen molar-refractivity contribution in [2.75, 3.05) is 13.6 Å². The quantitative estimate of drug-likeness (QED) is 0.921. The maximum atomic E-state index is 13.4. The smallest absolute Gasteiger partial charge is 0.223 e. The van der Waals surface area contributed by atoms with E-state index in [1.165, 1.54) is 22.8 Å². The molecule has 26 heavy (non-hydrogen) atoms. The fraction of sp³-hybridized carbons (Fsp3) is 0.409. The van der Waals surface area contributed by atoms with Gasteiger partial charge < -0.3 is 5.32 Å². The average Bonchev–Trinajstić information content (AvgIpc) is 3.03. The molecule has 1 aliphatic carbocycles. The molecule has 1 amide bonds. The number of nitrogens with zero attached hydrogens (tertiary/aromatic N) is 1. The van der Waals surface area contributed by atoms with Crippen LogP contribution in [-0.2, 0) is 30.6 Å². The van der Waals surface area contributed by atoms with E-state index >= 15 is 0 Å². The second-order valence-electron chi connectivity index (χ2n) is 7.81. The van der Waals surface area contributed by atoms with Gasteiger partial charge >= 0.3 is 0 Å². The van der Waals surface area contributed by atoms with Crippen molar-refractivity contribution in [1.82, 2.24) is 10.2 Å². The molecule has 3 nitrogen and oxygen atoms in total. The summed E-state index contributed by atoms with van der Waals surface area (Å²) in [5.41, 5.74) is 6.14. The van der Waals surface area contributed by atoms with Crippen LogP contribution in [-0.4, -0.2) is 30.4 Å². The topological polar surface area (TPSA) is 32.3 Å². The average molecular weight is 352 g/mol. The highest BCUT2D eigenvalue weighted by Crippen LogP contribution is 2.28. The number of nitrogens with one attached hydrogen (secondary N) is 1. The monoisotopic (exact) mass is 352 g/mol. The molecular formula is C22H25FN2O. The van der Waals surface area contributed by atoms with Crippen LogP contribution < -0.4 is 5.32 Å². The Hall–Kier alpha value is -2.20. The number of halogens is 1. The summed E-state index contributed by atoms with van der Waals surface area (Å²) in [5.74, 6) is -0.206. The molecule has 0 saturated carbocycles. The third-order valence-electron chi connectivity index (χ3n) is 5.84. The van der Waals surface area contributed by atoms with Gasteiger partial charge in [-0.3, -0.25) is 9.69 Å². The number of rotatable bonds is 3. The minimum Gasteiger partial charge on any atom is -0.354 e. The zero-order valence-electron chi connectivity index (χ0n) is 15.4. The lowest BCUT2D eigenvalue weighted by Gasteiger charge is -2.34. The summed E-state index contributed by atoms with van der Waals surface area (Å²) in [6.07, 6.45) is 2.31. The minimum atomic E-state index is -0.220. The summed E-state index contributed by atoms with van der Waals surface area (Å²) >= 11 is 0. The summed E-state index contributed by atoms with van der Waals surface area (Å²) in [6, 6.07) is 11.8. The van der Waals surface area contributed by atoms with Crippen molar-refractivity contribution in [3.05, 3.63) is 70.0 Å². The van der Waals surface area contributed by atoms with Crippen molar-refractivity contribution in [3.63, 3.8) is 0 Å². The lowest BCUT2D eigenvalue weighted by atomic mass is 9.93. The molecule has 0 saturated heterocycles. The van der Waals surface area contributed by atoms with Crippen LogP contribution in [0.3, 0.4) is 0 Å². The number of aryl methyl sites for hydroxylation is 1. The van der Waals surface area contributed by atoms with Crippen LogP contribution in [0, 0.1) is 18.7 Å². The van der Waals surface area contributed by atoms with Crippen LogP contribution in [0.2, 0.25) is 0 Å². The number of likely N-dealkylation sites (N-methyl/N-ethyl adjacent to an activating group) is 1. The van der Waals surface area contributed by atoms with E-state index in [-0.39, 0.29) is 17.6 Å².